The Labute approximate surface area is 180 Å². The van der Waals surface area contributed by atoms with Crippen molar-refractivity contribution in [1.29, 1.82) is 0 Å². The zero-order valence-corrected chi connectivity index (χ0v) is 19.0. The van der Waals surface area contributed by atoms with Crippen LogP contribution in [0.15, 0.2) is 23.3 Å². The molecule has 1 amide bonds. The summed E-state index contributed by atoms with van der Waals surface area (Å²) in [5.41, 5.74) is 0.555. The molecule has 9 heteroatoms. The van der Waals surface area contributed by atoms with Gasteiger partial charge in [-0.25, -0.2) is 14.8 Å². The molecule has 3 N–H and O–H groups in total. The van der Waals surface area contributed by atoms with Crippen molar-refractivity contribution in [3.8, 4) is 0 Å². The van der Waals surface area contributed by atoms with Gasteiger partial charge in [-0.2, -0.15) is 0 Å². The SMILES string of the molecule is CCNC(=NCc1ccc(N2CCN(C)CC2)nc1)NCCNC(=O)OC(C)(C)C. The van der Waals surface area contributed by atoms with Crippen LogP contribution in [-0.4, -0.2) is 80.4 Å². The number of alkyl carbamates (subject to hydrolysis) is 1. The first-order valence-corrected chi connectivity index (χ1v) is 10.6. The molecule has 0 unspecified atom stereocenters. The van der Waals surface area contributed by atoms with Crippen LogP contribution in [0.1, 0.15) is 33.3 Å². The second-order valence-corrected chi connectivity index (χ2v) is 8.37. The van der Waals surface area contributed by atoms with Crippen LogP contribution in [0.25, 0.3) is 0 Å². The largest absolute Gasteiger partial charge is 0.444 e. The number of carbonyl (C=O) groups is 1. The van der Waals surface area contributed by atoms with Crippen LogP contribution >= 0.6 is 0 Å². The Morgan fingerprint density at radius 3 is 2.43 bits per heavy atom. The van der Waals surface area contributed by atoms with Gasteiger partial charge in [0.1, 0.15) is 11.4 Å². The van der Waals surface area contributed by atoms with Crippen molar-refractivity contribution in [3.63, 3.8) is 0 Å². The Balaban J connectivity index is 1.78. The summed E-state index contributed by atoms with van der Waals surface area (Å²) in [5.74, 6) is 1.72. The number of carbonyl (C=O) groups excluding carboxylic acids is 1. The first-order chi connectivity index (χ1) is 14.3. The number of amides is 1. The highest BCUT2D eigenvalue weighted by atomic mass is 16.6. The highest BCUT2D eigenvalue weighted by Gasteiger charge is 2.16. The van der Waals surface area contributed by atoms with Crippen molar-refractivity contribution in [2.75, 3.05) is 57.8 Å². The van der Waals surface area contributed by atoms with E-state index in [0.717, 1.165) is 44.1 Å². The van der Waals surface area contributed by atoms with E-state index in [1.807, 2.05) is 33.9 Å². The van der Waals surface area contributed by atoms with Gasteiger partial charge in [0, 0.05) is 52.0 Å². The van der Waals surface area contributed by atoms with Crippen molar-refractivity contribution < 1.29 is 9.53 Å². The summed E-state index contributed by atoms with van der Waals surface area (Å²) in [5, 5.41) is 9.15. The van der Waals surface area contributed by atoms with Gasteiger partial charge in [-0.05, 0) is 46.4 Å². The minimum absolute atomic E-state index is 0.419. The molecule has 168 valence electrons. The van der Waals surface area contributed by atoms with Crippen LogP contribution in [0, 0.1) is 0 Å². The average Bonchev–Trinajstić information content (AvgIpc) is 2.69. The summed E-state index contributed by atoms with van der Waals surface area (Å²) in [6.45, 7) is 14.0. The molecular weight excluding hydrogens is 382 g/mol. The van der Waals surface area contributed by atoms with Gasteiger partial charge in [-0.1, -0.05) is 6.07 Å². The highest BCUT2D eigenvalue weighted by molar-refractivity contribution is 5.79. The zero-order chi connectivity index (χ0) is 22.0. The molecule has 1 saturated heterocycles. The molecule has 0 radical (unpaired) electrons. The summed E-state index contributed by atoms with van der Waals surface area (Å²) in [7, 11) is 2.15. The molecule has 1 aliphatic rings. The van der Waals surface area contributed by atoms with Crippen molar-refractivity contribution in [1.82, 2.24) is 25.8 Å². The van der Waals surface area contributed by atoms with Gasteiger partial charge in [-0.15, -0.1) is 0 Å². The number of pyridine rings is 1. The summed E-state index contributed by atoms with van der Waals surface area (Å²) in [6.07, 6.45) is 1.47. The van der Waals surface area contributed by atoms with E-state index in [4.69, 9.17) is 4.74 Å². The summed E-state index contributed by atoms with van der Waals surface area (Å²) >= 11 is 0. The first-order valence-electron chi connectivity index (χ1n) is 10.6. The summed E-state index contributed by atoms with van der Waals surface area (Å²) < 4.78 is 5.22. The molecule has 0 atom stereocenters. The molecule has 0 spiro atoms. The second-order valence-electron chi connectivity index (χ2n) is 8.37. The van der Waals surface area contributed by atoms with E-state index in [-0.39, 0.29) is 0 Å². The van der Waals surface area contributed by atoms with Crippen molar-refractivity contribution in [2.45, 2.75) is 39.8 Å². The molecule has 1 aromatic heterocycles. The quantitative estimate of drug-likeness (QED) is 0.349. The maximum Gasteiger partial charge on any atom is 0.407 e. The molecule has 2 rings (SSSR count). The van der Waals surface area contributed by atoms with E-state index in [1.54, 1.807) is 0 Å². The average molecular weight is 420 g/mol. The second kappa shape index (κ2) is 11.6. The summed E-state index contributed by atoms with van der Waals surface area (Å²) in [6, 6.07) is 4.15. The van der Waals surface area contributed by atoms with Crippen LogP contribution in [0.3, 0.4) is 0 Å². The van der Waals surface area contributed by atoms with E-state index >= 15 is 0 Å². The lowest BCUT2D eigenvalue weighted by Gasteiger charge is -2.33. The van der Waals surface area contributed by atoms with Crippen LogP contribution in [0.5, 0.6) is 0 Å². The molecular formula is C21H37N7O2. The molecule has 0 saturated carbocycles. The third kappa shape index (κ3) is 8.86. The van der Waals surface area contributed by atoms with Gasteiger partial charge >= 0.3 is 6.09 Å². The Morgan fingerprint density at radius 2 is 1.83 bits per heavy atom. The number of piperazine rings is 1. The number of anilines is 1. The predicted octanol–water partition coefficient (Wildman–Crippen LogP) is 1.41. The maximum atomic E-state index is 11.7. The van der Waals surface area contributed by atoms with Gasteiger partial charge in [0.15, 0.2) is 5.96 Å². The molecule has 9 nitrogen and oxygen atoms in total. The molecule has 2 heterocycles. The molecule has 30 heavy (non-hydrogen) atoms. The fourth-order valence-corrected chi connectivity index (χ4v) is 2.90. The Kier molecular flexibility index (Phi) is 9.16. The molecule has 0 bridgehead atoms. The van der Waals surface area contributed by atoms with Crippen LogP contribution in [0.4, 0.5) is 10.6 Å². The van der Waals surface area contributed by atoms with Crippen molar-refractivity contribution >= 4 is 17.9 Å². The summed E-state index contributed by atoms with van der Waals surface area (Å²) in [4.78, 5) is 25.5. The number of guanidine groups is 1. The van der Waals surface area contributed by atoms with Gasteiger partial charge < -0.3 is 30.5 Å². The van der Waals surface area contributed by atoms with Crippen LogP contribution in [0.2, 0.25) is 0 Å². The number of nitrogens with one attached hydrogen (secondary N) is 3. The lowest BCUT2D eigenvalue weighted by molar-refractivity contribution is 0.0529. The Hall–Kier alpha value is -2.55. The van der Waals surface area contributed by atoms with Gasteiger partial charge in [0.05, 0.1) is 6.54 Å². The molecule has 1 fully saturated rings. The van der Waals surface area contributed by atoms with Gasteiger partial charge in [0.2, 0.25) is 0 Å². The minimum Gasteiger partial charge on any atom is -0.444 e. The predicted molar refractivity (Wildman–Crippen MR) is 121 cm³/mol. The van der Waals surface area contributed by atoms with Gasteiger partial charge in [-0.3, -0.25) is 0 Å². The molecule has 0 aromatic carbocycles. The van der Waals surface area contributed by atoms with Crippen LogP contribution in [-0.2, 0) is 11.3 Å². The van der Waals surface area contributed by atoms with Crippen molar-refractivity contribution in [2.24, 2.45) is 4.99 Å². The fourth-order valence-electron chi connectivity index (χ4n) is 2.90. The number of aliphatic imine (C=N–C) groups is 1. The molecule has 0 aliphatic carbocycles. The number of likely N-dealkylation sites (N-methyl/N-ethyl adjacent to an activating group) is 1. The third-order valence-corrected chi connectivity index (χ3v) is 4.49. The maximum absolute atomic E-state index is 11.7. The van der Waals surface area contributed by atoms with E-state index in [9.17, 15) is 4.79 Å². The van der Waals surface area contributed by atoms with E-state index < -0.39 is 11.7 Å². The highest BCUT2D eigenvalue weighted by Crippen LogP contribution is 2.14. The minimum atomic E-state index is -0.498. The Morgan fingerprint density at radius 1 is 1.13 bits per heavy atom. The monoisotopic (exact) mass is 419 g/mol. The molecule has 1 aliphatic heterocycles. The van der Waals surface area contributed by atoms with E-state index in [2.05, 4.69) is 54.9 Å². The van der Waals surface area contributed by atoms with Crippen molar-refractivity contribution in [3.05, 3.63) is 23.9 Å². The lowest BCUT2D eigenvalue weighted by Crippen LogP contribution is -2.44. The van der Waals surface area contributed by atoms with E-state index in [0.29, 0.717) is 25.6 Å². The molecule has 1 aromatic rings. The number of hydrogen-bond acceptors (Lipinski definition) is 6. The van der Waals surface area contributed by atoms with E-state index in [1.165, 1.54) is 0 Å². The topological polar surface area (TPSA) is 94.1 Å². The van der Waals surface area contributed by atoms with Gasteiger partial charge in [0.25, 0.3) is 0 Å². The smallest absolute Gasteiger partial charge is 0.407 e. The number of aromatic nitrogens is 1. The third-order valence-electron chi connectivity index (χ3n) is 4.49. The lowest BCUT2D eigenvalue weighted by atomic mass is 10.2. The fraction of sp³-hybridized carbons (Fsp3) is 0.667. The zero-order valence-electron chi connectivity index (χ0n) is 19.0. The number of ether oxygens (including phenoxy) is 1. The standard InChI is InChI=1S/C21H37N7O2/c1-6-22-19(23-9-10-24-20(29)30-21(2,3)4)26-16-17-7-8-18(25-15-17)28-13-11-27(5)12-14-28/h7-8,15H,6,9-14,16H2,1-5H3,(H,24,29)(H2,22,23,26). The Bertz CT molecular complexity index is 678. The number of hydrogen-bond donors (Lipinski definition) is 3. The normalized spacial score (nSPS) is 15.6. The number of rotatable bonds is 7. The number of nitrogens with zero attached hydrogens (tertiary/aromatic N) is 4. The van der Waals surface area contributed by atoms with Crippen LogP contribution < -0.4 is 20.9 Å². The first kappa shape index (κ1) is 23.7.